The monoisotopic (exact) mass is 260 g/mol. The van der Waals surface area contributed by atoms with Gasteiger partial charge in [-0.3, -0.25) is 4.98 Å². The van der Waals surface area contributed by atoms with Crippen LogP contribution in [-0.4, -0.2) is 18.6 Å². The van der Waals surface area contributed by atoms with E-state index in [4.69, 9.17) is 4.74 Å². The molecule has 4 heteroatoms. The lowest BCUT2D eigenvalue weighted by Gasteiger charge is -2.11. The van der Waals surface area contributed by atoms with Gasteiger partial charge in [0.15, 0.2) is 5.75 Å². The summed E-state index contributed by atoms with van der Waals surface area (Å²) >= 11 is 0. The van der Waals surface area contributed by atoms with Crippen LogP contribution in [0.15, 0.2) is 36.5 Å². The first-order chi connectivity index (χ1) is 9.20. The number of aryl methyl sites for hydroxylation is 1. The number of hydrogen-bond acceptors (Lipinski definition) is 3. The highest BCUT2D eigenvalue weighted by atomic mass is 19.1. The van der Waals surface area contributed by atoms with E-state index < -0.39 is 0 Å². The molecule has 0 spiro atoms. The molecule has 0 unspecified atom stereocenters. The smallest absolute Gasteiger partial charge is 0.160 e. The van der Waals surface area contributed by atoms with Gasteiger partial charge in [-0.25, -0.2) is 4.39 Å². The molecule has 0 aliphatic carbocycles. The van der Waals surface area contributed by atoms with Crippen molar-refractivity contribution in [2.75, 3.05) is 19.0 Å². The van der Waals surface area contributed by atoms with Crippen LogP contribution >= 0.6 is 0 Å². The van der Waals surface area contributed by atoms with E-state index in [9.17, 15) is 4.39 Å². The van der Waals surface area contributed by atoms with Crippen molar-refractivity contribution in [3.63, 3.8) is 0 Å². The van der Waals surface area contributed by atoms with E-state index >= 15 is 0 Å². The number of rotatable bonds is 5. The summed E-state index contributed by atoms with van der Waals surface area (Å²) < 4.78 is 18.7. The van der Waals surface area contributed by atoms with Crippen molar-refractivity contribution in [2.24, 2.45) is 0 Å². The first-order valence-electron chi connectivity index (χ1n) is 6.18. The van der Waals surface area contributed by atoms with Crippen LogP contribution in [0.2, 0.25) is 0 Å². The largest absolute Gasteiger partial charge is 0.493 e. The Morgan fingerprint density at radius 1 is 1.32 bits per heavy atom. The highest BCUT2D eigenvalue weighted by Crippen LogP contribution is 2.23. The van der Waals surface area contributed by atoms with Crippen LogP contribution in [0.25, 0.3) is 0 Å². The molecule has 2 aromatic rings. The van der Waals surface area contributed by atoms with E-state index in [1.807, 2.05) is 19.1 Å². The maximum absolute atomic E-state index is 13.5. The number of anilines is 1. The topological polar surface area (TPSA) is 34.1 Å². The molecule has 100 valence electrons. The zero-order valence-electron chi connectivity index (χ0n) is 11.1. The highest BCUT2D eigenvalue weighted by molar-refractivity contribution is 5.55. The third kappa shape index (κ3) is 3.44. The van der Waals surface area contributed by atoms with Crippen LogP contribution in [0.3, 0.4) is 0 Å². The molecular formula is C15H17FN2O. The van der Waals surface area contributed by atoms with Gasteiger partial charge in [0.1, 0.15) is 5.82 Å². The molecule has 0 fully saturated rings. The van der Waals surface area contributed by atoms with Gasteiger partial charge in [0.2, 0.25) is 0 Å². The van der Waals surface area contributed by atoms with Crippen LogP contribution in [0.4, 0.5) is 10.1 Å². The van der Waals surface area contributed by atoms with Crippen molar-refractivity contribution < 1.29 is 9.13 Å². The third-order valence-electron chi connectivity index (χ3n) is 2.89. The Kier molecular flexibility index (Phi) is 4.34. The Balaban J connectivity index is 2.00. The van der Waals surface area contributed by atoms with E-state index in [0.717, 1.165) is 11.4 Å². The molecule has 0 bridgehead atoms. The van der Waals surface area contributed by atoms with Crippen molar-refractivity contribution in [3.05, 3.63) is 53.6 Å². The maximum Gasteiger partial charge on any atom is 0.160 e. The fourth-order valence-corrected chi connectivity index (χ4v) is 1.88. The molecule has 3 nitrogen and oxygen atoms in total. The molecule has 0 saturated heterocycles. The normalized spacial score (nSPS) is 10.3. The molecule has 1 aromatic carbocycles. The second kappa shape index (κ2) is 6.18. The number of hydrogen-bond donors (Lipinski definition) is 1. The first-order valence-corrected chi connectivity index (χ1v) is 6.18. The number of methoxy groups -OCH3 is 1. The minimum absolute atomic E-state index is 0.165. The Hall–Kier alpha value is -2.10. The van der Waals surface area contributed by atoms with E-state index in [1.54, 1.807) is 25.4 Å². The van der Waals surface area contributed by atoms with Crippen molar-refractivity contribution >= 4 is 5.69 Å². The second-order valence-corrected chi connectivity index (χ2v) is 4.29. The zero-order chi connectivity index (χ0) is 13.7. The van der Waals surface area contributed by atoms with Crippen molar-refractivity contribution in [3.8, 4) is 5.75 Å². The van der Waals surface area contributed by atoms with Gasteiger partial charge < -0.3 is 10.1 Å². The molecule has 0 aliphatic heterocycles. The summed E-state index contributed by atoms with van der Waals surface area (Å²) in [5, 5.41) is 3.25. The lowest BCUT2D eigenvalue weighted by atomic mass is 10.1. The Bertz CT molecular complexity index is 558. The number of halogens is 1. The minimum Gasteiger partial charge on any atom is -0.493 e. The number of aromatic nitrogens is 1. The van der Waals surface area contributed by atoms with Gasteiger partial charge in [-0.1, -0.05) is 18.2 Å². The molecule has 1 N–H and O–H groups in total. The van der Waals surface area contributed by atoms with E-state index in [1.165, 1.54) is 6.07 Å². The molecule has 0 aliphatic rings. The molecule has 0 radical (unpaired) electrons. The first kappa shape index (κ1) is 13.3. The van der Waals surface area contributed by atoms with E-state index in [2.05, 4.69) is 10.3 Å². The molecule has 19 heavy (non-hydrogen) atoms. The van der Waals surface area contributed by atoms with E-state index in [0.29, 0.717) is 24.3 Å². The van der Waals surface area contributed by atoms with Crippen molar-refractivity contribution in [1.29, 1.82) is 0 Å². The van der Waals surface area contributed by atoms with Gasteiger partial charge in [0.25, 0.3) is 0 Å². The van der Waals surface area contributed by atoms with Gasteiger partial charge in [-0.2, -0.15) is 0 Å². The van der Waals surface area contributed by atoms with Crippen molar-refractivity contribution in [1.82, 2.24) is 4.98 Å². The molecule has 0 saturated carbocycles. The van der Waals surface area contributed by atoms with Gasteiger partial charge >= 0.3 is 0 Å². The maximum atomic E-state index is 13.5. The predicted molar refractivity (Wildman–Crippen MR) is 74.1 cm³/mol. The number of benzene rings is 1. The Morgan fingerprint density at radius 3 is 2.84 bits per heavy atom. The fraction of sp³-hybridized carbons (Fsp3) is 0.267. The summed E-state index contributed by atoms with van der Waals surface area (Å²) in [5.74, 6) is 0.529. The Morgan fingerprint density at radius 2 is 2.11 bits per heavy atom. The summed E-state index contributed by atoms with van der Waals surface area (Å²) in [6.45, 7) is 2.56. The fourth-order valence-electron chi connectivity index (χ4n) is 1.88. The van der Waals surface area contributed by atoms with Gasteiger partial charge in [0, 0.05) is 12.2 Å². The van der Waals surface area contributed by atoms with Crippen LogP contribution < -0.4 is 10.1 Å². The molecule has 2 rings (SSSR count). The second-order valence-electron chi connectivity index (χ2n) is 4.29. The number of nitrogens with one attached hydrogen (secondary N) is 1. The van der Waals surface area contributed by atoms with Crippen LogP contribution in [0.5, 0.6) is 5.75 Å². The third-order valence-corrected chi connectivity index (χ3v) is 2.89. The van der Waals surface area contributed by atoms with Gasteiger partial charge in [0.05, 0.1) is 19.0 Å². The van der Waals surface area contributed by atoms with Crippen LogP contribution in [0, 0.1) is 12.7 Å². The molecular weight excluding hydrogens is 243 g/mol. The lowest BCUT2D eigenvalue weighted by molar-refractivity contribution is 0.414. The number of nitrogens with zero attached hydrogens (tertiary/aromatic N) is 1. The summed E-state index contributed by atoms with van der Waals surface area (Å²) in [5.41, 5.74) is 2.50. The van der Waals surface area contributed by atoms with Crippen molar-refractivity contribution in [2.45, 2.75) is 13.3 Å². The average molecular weight is 260 g/mol. The number of ether oxygens (including phenoxy) is 1. The molecule has 1 heterocycles. The zero-order valence-corrected chi connectivity index (χ0v) is 11.1. The lowest BCUT2D eigenvalue weighted by Crippen LogP contribution is -2.07. The summed E-state index contributed by atoms with van der Waals surface area (Å²) in [6.07, 6.45) is 2.30. The van der Waals surface area contributed by atoms with E-state index in [-0.39, 0.29) is 5.82 Å². The minimum atomic E-state index is -0.165. The Labute approximate surface area is 112 Å². The number of pyridine rings is 1. The average Bonchev–Trinajstić information content (AvgIpc) is 2.41. The molecule has 0 atom stereocenters. The molecule has 1 aromatic heterocycles. The summed E-state index contributed by atoms with van der Waals surface area (Å²) in [4.78, 5) is 4.17. The SMILES string of the molecule is COc1cnc(C)cc1NCCc1ccccc1F. The van der Waals surface area contributed by atoms with Crippen LogP contribution in [0.1, 0.15) is 11.3 Å². The molecule has 0 amide bonds. The summed E-state index contributed by atoms with van der Waals surface area (Å²) in [7, 11) is 1.61. The van der Waals surface area contributed by atoms with Gasteiger partial charge in [-0.05, 0) is 31.0 Å². The quantitative estimate of drug-likeness (QED) is 0.896. The van der Waals surface area contributed by atoms with Gasteiger partial charge in [-0.15, -0.1) is 0 Å². The summed E-state index contributed by atoms with van der Waals surface area (Å²) in [6, 6.07) is 8.73. The predicted octanol–water partition coefficient (Wildman–Crippen LogP) is 3.19. The standard InChI is InChI=1S/C15H17FN2O/c1-11-9-14(15(19-2)10-18-11)17-8-7-12-5-3-4-6-13(12)16/h3-6,9-10H,7-8H2,1-2H3,(H,17,18). The highest BCUT2D eigenvalue weighted by Gasteiger charge is 2.04. The van der Waals surface area contributed by atoms with Crippen LogP contribution in [-0.2, 0) is 6.42 Å².